The lowest BCUT2D eigenvalue weighted by Gasteiger charge is -2.14. The highest BCUT2D eigenvalue weighted by Crippen LogP contribution is 2.22. The Balaban J connectivity index is 2.44. The van der Waals surface area contributed by atoms with Gasteiger partial charge in [0.15, 0.2) is 0 Å². The van der Waals surface area contributed by atoms with Crippen LogP contribution in [0.4, 0.5) is 0 Å². The Bertz CT molecular complexity index is 326. The maximum absolute atomic E-state index is 2.42. The molecule has 0 radical (unpaired) electrons. The van der Waals surface area contributed by atoms with Gasteiger partial charge >= 0.3 is 0 Å². The van der Waals surface area contributed by atoms with Gasteiger partial charge in [-0.2, -0.15) is 0 Å². The quantitative estimate of drug-likeness (QED) is 0.412. The minimum Gasteiger partial charge on any atom is -0.0835 e. The summed E-state index contributed by atoms with van der Waals surface area (Å²) in [6, 6.07) is 0. The maximum Gasteiger partial charge on any atom is 0.0201 e. The van der Waals surface area contributed by atoms with Crippen molar-refractivity contribution in [3.63, 3.8) is 0 Å². The summed E-state index contributed by atoms with van der Waals surface area (Å²) in [5.74, 6) is 0.496. The third kappa shape index (κ3) is 5.21. The van der Waals surface area contributed by atoms with Gasteiger partial charge in [0, 0.05) is 5.92 Å². The number of hydrogen-bond donors (Lipinski definition) is 0. The lowest BCUT2D eigenvalue weighted by molar-refractivity contribution is 0.662. The fraction of sp³-hybridized carbons (Fsp3) is 0.529. The van der Waals surface area contributed by atoms with Crippen LogP contribution in [0.3, 0.4) is 0 Å². The van der Waals surface area contributed by atoms with E-state index in [1.807, 2.05) is 0 Å². The van der Waals surface area contributed by atoms with Crippen molar-refractivity contribution in [2.45, 2.75) is 52.9 Å². The van der Waals surface area contributed by atoms with Crippen LogP contribution in [0.1, 0.15) is 52.9 Å². The van der Waals surface area contributed by atoms with Crippen LogP contribution in [-0.2, 0) is 0 Å². The Hall–Kier alpha value is -1.04. The molecule has 0 heterocycles. The third-order valence-electron chi connectivity index (χ3n) is 3.33. The van der Waals surface area contributed by atoms with E-state index in [2.05, 4.69) is 57.2 Å². The molecule has 0 heteroatoms. The van der Waals surface area contributed by atoms with E-state index < -0.39 is 0 Å². The molecule has 1 aliphatic carbocycles. The molecule has 0 aliphatic heterocycles. The molecule has 94 valence electrons. The van der Waals surface area contributed by atoms with Crippen molar-refractivity contribution < 1.29 is 0 Å². The number of allylic oxidation sites excluding steroid dienone is 8. The normalized spacial score (nSPS) is 22.4. The molecule has 1 unspecified atom stereocenters. The molecule has 0 aromatic carbocycles. The van der Waals surface area contributed by atoms with Gasteiger partial charge in [0.1, 0.15) is 0 Å². The molecule has 0 spiro atoms. The van der Waals surface area contributed by atoms with Crippen LogP contribution in [0.15, 0.2) is 47.6 Å². The van der Waals surface area contributed by atoms with Gasteiger partial charge in [0.25, 0.3) is 0 Å². The van der Waals surface area contributed by atoms with E-state index in [0.29, 0.717) is 5.92 Å². The summed E-state index contributed by atoms with van der Waals surface area (Å²) in [7, 11) is 0. The zero-order valence-corrected chi connectivity index (χ0v) is 11.6. The van der Waals surface area contributed by atoms with E-state index in [-0.39, 0.29) is 0 Å². The molecule has 0 nitrogen and oxygen atoms in total. The summed E-state index contributed by atoms with van der Waals surface area (Å²) in [5.41, 5.74) is 2.95. The molecule has 1 atom stereocenters. The van der Waals surface area contributed by atoms with Crippen LogP contribution in [0, 0.1) is 5.92 Å². The Morgan fingerprint density at radius 3 is 2.76 bits per heavy atom. The molecule has 1 rings (SSSR count). The summed E-state index contributed by atoms with van der Waals surface area (Å²) in [6.45, 7) is 6.65. The highest BCUT2D eigenvalue weighted by Gasteiger charge is 2.07. The highest BCUT2D eigenvalue weighted by atomic mass is 14.1. The summed E-state index contributed by atoms with van der Waals surface area (Å²) < 4.78 is 0. The van der Waals surface area contributed by atoms with Crippen molar-refractivity contribution in [1.29, 1.82) is 0 Å². The lowest BCUT2D eigenvalue weighted by atomic mass is 9.91. The lowest BCUT2D eigenvalue weighted by Crippen LogP contribution is -1.99. The summed E-state index contributed by atoms with van der Waals surface area (Å²) in [5, 5.41) is 0. The summed E-state index contributed by atoms with van der Waals surface area (Å²) in [4.78, 5) is 0. The smallest absolute Gasteiger partial charge is 0.0201 e. The topological polar surface area (TPSA) is 0 Å². The molecule has 0 saturated heterocycles. The van der Waals surface area contributed by atoms with Crippen LogP contribution < -0.4 is 0 Å². The van der Waals surface area contributed by atoms with E-state index in [1.54, 1.807) is 0 Å². The first kappa shape index (κ1) is 14.0. The van der Waals surface area contributed by atoms with Crippen molar-refractivity contribution in [2.75, 3.05) is 0 Å². The first-order valence-corrected chi connectivity index (χ1v) is 6.96. The highest BCUT2D eigenvalue weighted by molar-refractivity contribution is 5.36. The fourth-order valence-corrected chi connectivity index (χ4v) is 2.23. The molecule has 0 bridgehead atoms. The molecule has 0 fully saturated rings. The molecule has 0 N–H and O–H groups in total. The minimum absolute atomic E-state index is 0.496. The van der Waals surface area contributed by atoms with E-state index in [4.69, 9.17) is 0 Å². The summed E-state index contributed by atoms with van der Waals surface area (Å²) >= 11 is 0. The average molecular weight is 230 g/mol. The minimum atomic E-state index is 0.496. The van der Waals surface area contributed by atoms with Crippen LogP contribution in [0.2, 0.25) is 0 Å². The van der Waals surface area contributed by atoms with Gasteiger partial charge in [-0.15, -0.1) is 0 Å². The summed E-state index contributed by atoms with van der Waals surface area (Å²) in [6.07, 6.45) is 20.1. The number of hydrogen-bond acceptors (Lipinski definition) is 0. The van der Waals surface area contributed by atoms with Crippen molar-refractivity contribution in [3.05, 3.63) is 47.6 Å². The standard InChI is InChI=1S/C17H26/c1-4-6-7-8-11-15(3)14-17-13-10-9-12-16(17)5-2/h5,9-10,12-14,17H,4,6-8,11H2,1-3H3. The first-order chi connectivity index (χ1) is 8.27. The zero-order chi connectivity index (χ0) is 12.5. The molecule has 1 aliphatic rings. The van der Waals surface area contributed by atoms with E-state index in [1.165, 1.54) is 43.3 Å². The van der Waals surface area contributed by atoms with E-state index in [9.17, 15) is 0 Å². The molecular weight excluding hydrogens is 204 g/mol. The van der Waals surface area contributed by atoms with Crippen LogP contribution >= 0.6 is 0 Å². The SMILES string of the molecule is CC=C1C=CC=CC1C=C(C)CCCCCC. The number of unbranched alkanes of at least 4 members (excludes halogenated alkanes) is 3. The monoisotopic (exact) mass is 230 g/mol. The molecule has 0 saturated carbocycles. The van der Waals surface area contributed by atoms with Crippen molar-refractivity contribution in [3.8, 4) is 0 Å². The van der Waals surface area contributed by atoms with Crippen LogP contribution in [0.25, 0.3) is 0 Å². The first-order valence-electron chi connectivity index (χ1n) is 6.96. The van der Waals surface area contributed by atoms with Gasteiger partial charge in [-0.05, 0) is 32.3 Å². The molecule has 0 aromatic rings. The molecule has 17 heavy (non-hydrogen) atoms. The zero-order valence-electron chi connectivity index (χ0n) is 11.6. The third-order valence-corrected chi connectivity index (χ3v) is 3.33. The van der Waals surface area contributed by atoms with Gasteiger partial charge in [0.2, 0.25) is 0 Å². The van der Waals surface area contributed by atoms with Gasteiger partial charge in [0.05, 0.1) is 0 Å². The Labute approximate surface area is 107 Å². The molecular formula is C17H26. The molecule has 0 amide bonds. The van der Waals surface area contributed by atoms with Gasteiger partial charge in [-0.1, -0.05) is 68.2 Å². The second-order valence-corrected chi connectivity index (χ2v) is 4.88. The average Bonchev–Trinajstić information content (AvgIpc) is 2.35. The van der Waals surface area contributed by atoms with Gasteiger partial charge in [-0.3, -0.25) is 0 Å². The van der Waals surface area contributed by atoms with E-state index in [0.717, 1.165) is 0 Å². The van der Waals surface area contributed by atoms with Gasteiger partial charge in [-0.25, -0.2) is 0 Å². The molecule has 0 aromatic heterocycles. The second kappa shape index (κ2) is 8.11. The Kier molecular flexibility index (Phi) is 6.69. The van der Waals surface area contributed by atoms with Crippen molar-refractivity contribution >= 4 is 0 Å². The van der Waals surface area contributed by atoms with Crippen LogP contribution in [0.5, 0.6) is 0 Å². The Morgan fingerprint density at radius 2 is 2.06 bits per heavy atom. The van der Waals surface area contributed by atoms with Crippen LogP contribution in [-0.4, -0.2) is 0 Å². The fourth-order valence-electron chi connectivity index (χ4n) is 2.23. The van der Waals surface area contributed by atoms with Crippen molar-refractivity contribution in [2.24, 2.45) is 5.92 Å². The predicted molar refractivity (Wildman–Crippen MR) is 78.0 cm³/mol. The predicted octanol–water partition coefficient (Wildman–Crippen LogP) is 5.59. The van der Waals surface area contributed by atoms with Crippen molar-refractivity contribution in [1.82, 2.24) is 0 Å². The second-order valence-electron chi connectivity index (χ2n) is 4.88. The number of rotatable bonds is 6. The Morgan fingerprint density at radius 1 is 1.24 bits per heavy atom. The van der Waals surface area contributed by atoms with E-state index >= 15 is 0 Å². The largest absolute Gasteiger partial charge is 0.0835 e. The maximum atomic E-state index is 2.42. The van der Waals surface area contributed by atoms with Gasteiger partial charge < -0.3 is 0 Å².